The van der Waals surface area contributed by atoms with Gasteiger partial charge in [-0.3, -0.25) is 0 Å². The first-order chi connectivity index (χ1) is 15.6. The number of rotatable bonds is 6. The predicted octanol–water partition coefficient (Wildman–Crippen LogP) is 4.47. The van der Waals surface area contributed by atoms with Gasteiger partial charge >= 0.3 is 0 Å². The van der Waals surface area contributed by atoms with Crippen molar-refractivity contribution in [2.75, 3.05) is 5.32 Å². The van der Waals surface area contributed by atoms with Crippen molar-refractivity contribution in [2.24, 2.45) is 4.40 Å². The average Bonchev–Trinajstić information content (AvgIpc) is 3.38. The van der Waals surface area contributed by atoms with Crippen LogP contribution in [0.3, 0.4) is 0 Å². The number of nitrogens with zero attached hydrogens (tertiary/aromatic N) is 3. The highest BCUT2D eigenvalue weighted by Gasteiger charge is 2.28. The Balaban J connectivity index is 1.24. The maximum absolute atomic E-state index is 12.2. The second-order valence-corrected chi connectivity index (χ2v) is 9.03. The van der Waals surface area contributed by atoms with Crippen LogP contribution < -0.4 is 5.32 Å². The van der Waals surface area contributed by atoms with Crippen LogP contribution in [0.4, 0.5) is 5.69 Å². The summed E-state index contributed by atoms with van der Waals surface area (Å²) in [5.41, 5.74) is 3.35. The molecule has 160 valence electrons. The lowest BCUT2D eigenvalue weighted by Gasteiger charge is -2.06. The van der Waals surface area contributed by atoms with Crippen LogP contribution in [-0.2, 0) is 22.9 Å². The highest BCUT2D eigenvalue weighted by Crippen LogP contribution is 2.27. The molecule has 0 unspecified atom stereocenters. The van der Waals surface area contributed by atoms with Gasteiger partial charge in [0.2, 0.25) is 11.8 Å². The van der Waals surface area contributed by atoms with Crippen molar-refractivity contribution in [3.05, 3.63) is 95.9 Å². The van der Waals surface area contributed by atoms with E-state index in [4.69, 9.17) is 4.42 Å². The molecular weight excluding hydrogens is 424 g/mol. The van der Waals surface area contributed by atoms with Crippen LogP contribution in [0.1, 0.15) is 23.4 Å². The summed E-state index contributed by atoms with van der Waals surface area (Å²) in [6, 6.07) is 24.4. The molecule has 0 spiro atoms. The fraction of sp³-hybridized carbons (Fsp3) is 0.125. The molecule has 3 aromatic carbocycles. The Morgan fingerprint density at radius 3 is 2.38 bits per heavy atom. The highest BCUT2D eigenvalue weighted by atomic mass is 32.2. The topological polar surface area (TPSA) is 97.5 Å². The molecule has 0 radical (unpaired) electrons. The fourth-order valence-corrected chi connectivity index (χ4v) is 4.76. The molecule has 1 aliphatic rings. The van der Waals surface area contributed by atoms with E-state index in [0.29, 0.717) is 28.9 Å². The summed E-state index contributed by atoms with van der Waals surface area (Å²) in [7, 11) is -3.66. The van der Waals surface area contributed by atoms with Crippen molar-refractivity contribution in [2.45, 2.75) is 24.2 Å². The van der Waals surface area contributed by atoms with Gasteiger partial charge in [0.15, 0.2) is 5.84 Å². The van der Waals surface area contributed by atoms with Gasteiger partial charge in [0.05, 0.1) is 0 Å². The monoisotopic (exact) mass is 444 g/mol. The first-order valence-corrected chi connectivity index (χ1v) is 11.7. The van der Waals surface area contributed by atoms with E-state index in [1.165, 1.54) is 5.56 Å². The number of aryl methyl sites for hydroxylation is 2. The summed E-state index contributed by atoms with van der Waals surface area (Å²) in [4.78, 5) is 0.213. The summed E-state index contributed by atoms with van der Waals surface area (Å²) in [5, 5.41) is 11.4. The summed E-state index contributed by atoms with van der Waals surface area (Å²) in [5.74, 6) is 1.38. The van der Waals surface area contributed by atoms with Crippen LogP contribution in [0, 0.1) is 0 Å². The smallest absolute Gasteiger partial charge is 0.285 e. The number of sulfonamides is 1. The number of benzene rings is 3. The maximum Gasteiger partial charge on any atom is 0.285 e. The number of hydrogen-bond donors (Lipinski definition) is 1. The van der Waals surface area contributed by atoms with E-state index in [1.54, 1.807) is 24.3 Å². The van der Waals surface area contributed by atoms with Gasteiger partial charge in [-0.25, -0.2) is 0 Å². The molecule has 1 aromatic heterocycles. The predicted molar refractivity (Wildman–Crippen MR) is 122 cm³/mol. The van der Waals surface area contributed by atoms with Gasteiger partial charge in [-0.15, -0.1) is 14.6 Å². The molecule has 1 aliphatic heterocycles. The Hall–Kier alpha value is -3.78. The lowest BCUT2D eigenvalue weighted by atomic mass is 10.1. The zero-order chi connectivity index (χ0) is 22.0. The van der Waals surface area contributed by atoms with Gasteiger partial charge < -0.3 is 9.73 Å². The summed E-state index contributed by atoms with van der Waals surface area (Å²) < 4.78 is 34.1. The number of anilines is 1. The SMILES string of the molecule is O=S1(=O)N=C(Nc2ccc(-c3nnc(CCCc4ccccc4)o3)cc2)c2ccccc21. The van der Waals surface area contributed by atoms with E-state index in [-0.39, 0.29) is 4.90 Å². The molecule has 5 rings (SSSR count). The number of nitrogens with one attached hydrogen (secondary N) is 1. The molecule has 7 nitrogen and oxygen atoms in total. The van der Waals surface area contributed by atoms with Crippen LogP contribution in [-0.4, -0.2) is 24.5 Å². The number of hydrogen-bond acceptors (Lipinski definition) is 6. The van der Waals surface area contributed by atoms with Crippen molar-refractivity contribution in [1.29, 1.82) is 0 Å². The van der Waals surface area contributed by atoms with Crippen LogP contribution in [0.2, 0.25) is 0 Å². The van der Waals surface area contributed by atoms with Crippen LogP contribution in [0.5, 0.6) is 0 Å². The fourth-order valence-electron chi connectivity index (χ4n) is 3.59. The van der Waals surface area contributed by atoms with Crippen molar-refractivity contribution >= 4 is 21.5 Å². The lowest BCUT2D eigenvalue weighted by Crippen LogP contribution is -2.11. The third kappa shape index (κ3) is 4.17. The summed E-state index contributed by atoms with van der Waals surface area (Å²) in [6.45, 7) is 0. The van der Waals surface area contributed by atoms with Gasteiger partial charge in [-0.1, -0.05) is 42.5 Å². The Kier molecular flexibility index (Phi) is 5.28. The molecule has 0 saturated heterocycles. The second kappa shape index (κ2) is 8.39. The van der Waals surface area contributed by atoms with Crippen LogP contribution >= 0.6 is 0 Å². The second-order valence-electron chi connectivity index (χ2n) is 7.45. The van der Waals surface area contributed by atoms with E-state index < -0.39 is 10.0 Å². The summed E-state index contributed by atoms with van der Waals surface area (Å²) in [6.07, 6.45) is 2.61. The third-order valence-electron chi connectivity index (χ3n) is 5.19. The van der Waals surface area contributed by atoms with E-state index in [2.05, 4.69) is 32.0 Å². The quantitative estimate of drug-likeness (QED) is 0.471. The molecule has 8 heteroatoms. The molecule has 32 heavy (non-hydrogen) atoms. The van der Waals surface area contributed by atoms with Crippen molar-refractivity contribution in [1.82, 2.24) is 10.2 Å². The molecule has 0 fully saturated rings. The zero-order valence-electron chi connectivity index (χ0n) is 17.1. The molecule has 0 amide bonds. The number of amidine groups is 1. The van der Waals surface area contributed by atoms with Crippen molar-refractivity contribution in [3.63, 3.8) is 0 Å². The molecule has 0 aliphatic carbocycles. The number of fused-ring (bicyclic) bond motifs is 1. The molecule has 0 bridgehead atoms. The third-order valence-corrected chi connectivity index (χ3v) is 6.53. The van der Waals surface area contributed by atoms with Gasteiger partial charge in [-0.05, 0) is 54.8 Å². The normalized spacial score (nSPS) is 14.1. The first kappa shape index (κ1) is 20.1. The largest absolute Gasteiger partial charge is 0.421 e. The van der Waals surface area contributed by atoms with Gasteiger partial charge in [0.25, 0.3) is 10.0 Å². The Bertz CT molecular complexity index is 1380. The van der Waals surface area contributed by atoms with Crippen molar-refractivity contribution in [3.8, 4) is 11.5 Å². The van der Waals surface area contributed by atoms with E-state index in [0.717, 1.165) is 24.8 Å². The molecule has 1 N–H and O–H groups in total. The molecule has 0 saturated carbocycles. The average molecular weight is 445 g/mol. The molecular formula is C24H20N4O3S. The molecule has 2 heterocycles. The van der Waals surface area contributed by atoms with Crippen LogP contribution in [0.25, 0.3) is 11.5 Å². The zero-order valence-corrected chi connectivity index (χ0v) is 17.9. The summed E-state index contributed by atoms with van der Waals surface area (Å²) >= 11 is 0. The van der Waals surface area contributed by atoms with Gasteiger partial charge in [0.1, 0.15) is 4.90 Å². The minimum atomic E-state index is -3.66. The first-order valence-electron chi connectivity index (χ1n) is 10.3. The highest BCUT2D eigenvalue weighted by molar-refractivity contribution is 7.90. The van der Waals surface area contributed by atoms with Crippen molar-refractivity contribution < 1.29 is 12.8 Å². The van der Waals surface area contributed by atoms with E-state index in [1.807, 2.05) is 42.5 Å². The van der Waals surface area contributed by atoms with Gasteiger partial charge in [0, 0.05) is 23.2 Å². The van der Waals surface area contributed by atoms with E-state index >= 15 is 0 Å². The maximum atomic E-state index is 12.2. The van der Waals surface area contributed by atoms with E-state index in [9.17, 15) is 8.42 Å². The minimum absolute atomic E-state index is 0.213. The minimum Gasteiger partial charge on any atom is -0.421 e. The van der Waals surface area contributed by atoms with Gasteiger partial charge in [-0.2, -0.15) is 8.42 Å². The molecule has 0 atom stereocenters. The standard InChI is InChI=1S/C24H20N4O3S/c29-32(30)21-11-5-4-10-20(21)23(28-32)25-19-15-13-18(14-16-19)24-27-26-22(31-24)12-6-9-17-7-2-1-3-8-17/h1-5,7-8,10-11,13-16H,6,9,12H2,(H,25,28). The number of aromatic nitrogens is 2. The Morgan fingerprint density at radius 1 is 0.812 bits per heavy atom. The Labute approximate surface area is 185 Å². The molecule has 4 aromatic rings. The lowest BCUT2D eigenvalue weighted by molar-refractivity contribution is 0.497. The Morgan fingerprint density at radius 2 is 1.56 bits per heavy atom. The van der Waals surface area contributed by atoms with Crippen LogP contribution in [0.15, 0.2) is 92.6 Å².